The lowest BCUT2D eigenvalue weighted by atomic mass is 10.1. The predicted octanol–water partition coefficient (Wildman–Crippen LogP) is 1.33. The van der Waals surface area contributed by atoms with Crippen LogP contribution in [-0.4, -0.2) is 36.3 Å². The van der Waals surface area contributed by atoms with Crippen LogP contribution in [0.1, 0.15) is 18.5 Å². The zero-order chi connectivity index (χ0) is 12.3. The molecule has 0 aromatic carbocycles. The maximum absolute atomic E-state index is 5.70. The number of piperidine rings is 1. The van der Waals surface area contributed by atoms with Crippen molar-refractivity contribution in [2.24, 2.45) is 5.73 Å². The molecule has 92 valence electrons. The minimum absolute atomic E-state index is 0.281. The fourth-order valence-electron chi connectivity index (χ4n) is 2.19. The van der Waals surface area contributed by atoms with E-state index < -0.39 is 0 Å². The largest absolute Gasteiger partial charge is 0.388 e. The lowest BCUT2D eigenvalue weighted by Crippen LogP contribution is -2.40. The van der Waals surface area contributed by atoms with Gasteiger partial charge in [0.15, 0.2) is 0 Å². The number of methoxy groups -OCH3 is 1. The van der Waals surface area contributed by atoms with Crippen molar-refractivity contribution in [2.75, 3.05) is 25.1 Å². The molecular formula is C12H17N3OS. The second-order valence-corrected chi connectivity index (χ2v) is 4.62. The first kappa shape index (κ1) is 12.3. The molecule has 0 spiro atoms. The summed E-state index contributed by atoms with van der Waals surface area (Å²) in [4.78, 5) is 6.85. The number of hydrogen-bond acceptors (Lipinski definition) is 4. The SMILES string of the molecule is COC1CCCN(c2cccnc2C(N)=S)C1. The van der Waals surface area contributed by atoms with Crippen molar-refractivity contribution in [3.05, 3.63) is 24.0 Å². The Balaban J connectivity index is 2.24. The Bertz CT molecular complexity index is 410. The third-order valence-electron chi connectivity index (χ3n) is 3.07. The van der Waals surface area contributed by atoms with Crippen molar-refractivity contribution < 1.29 is 4.74 Å². The van der Waals surface area contributed by atoms with Crippen molar-refractivity contribution >= 4 is 22.9 Å². The van der Waals surface area contributed by atoms with Gasteiger partial charge in [-0.15, -0.1) is 0 Å². The summed E-state index contributed by atoms with van der Waals surface area (Å²) < 4.78 is 5.42. The van der Waals surface area contributed by atoms with E-state index >= 15 is 0 Å². The highest BCUT2D eigenvalue weighted by atomic mass is 32.1. The van der Waals surface area contributed by atoms with Gasteiger partial charge >= 0.3 is 0 Å². The van der Waals surface area contributed by atoms with E-state index in [2.05, 4.69) is 9.88 Å². The smallest absolute Gasteiger partial charge is 0.124 e. The number of aromatic nitrogens is 1. The van der Waals surface area contributed by atoms with E-state index in [4.69, 9.17) is 22.7 Å². The Morgan fingerprint density at radius 1 is 1.65 bits per heavy atom. The lowest BCUT2D eigenvalue weighted by Gasteiger charge is -2.34. The van der Waals surface area contributed by atoms with Crippen LogP contribution in [-0.2, 0) is 4.74 Å². The number of hydrogen-bond donors (Lipinski definition) is 1. The molecular weight excluding hydrogens is 234 g/mol. The molecule has 17 heavy (non-hydrogen) atoms. The van der Waals surface area contributed by atoms with Gasteiger partial charge in [-0.3, -0.25) is 4.98 Å². The maximum atomic E-state index is 5.70. The van der Waals surface area contributed by atoms with Crippen LogP contribution < -0.4 is 10.6 Å². The van der Waals surface area contributed by atoms with Gasteiger partial charge in [0, 0.05) is 26.4 Å². The van der Waals surface area contributed by atoms with E-state index in [-0.39, 0.29) is 6.10 Å². The first-order valence-corrected chi connectivity index (χ1v) is 6.15. The summed E-state index contributed by atoms with van der Waals surface area (Å²) >= 11 is 5.03. The first-order valence-electron chi connectivity index (χ1n) is 5.75. The quantitative estimate of drug-likeness (QED) is 0.821. The number of nitrogens with two attached hydrogens (primary N) is 1. The van der Waals surface area contributed by atoms with Gasteiger partial charge < -0.3 is 15.4 Å². The Morgan fingerprint density at radius 2 is 2.47 bits per heavy atom. The van der Waals surface area contributed by atoms with E-state index in [0.29, 0.717) is 10.7 Å². The molecule has 1 aliphatic rings. The molecule has 1 aliphatic heterocycles. The Labute approximate surface area is 107 Å². The van der Waals surface area contributed by atoms with Gasteiger partial charge in [0.2, 0.25) is 0 Å². The van der Waals surface area contributed by atoms with E-state index in [1.165, 1.54) is 0 Å². The number of pyridine rings is 1. The molecule has 0 aliphatic carbocycles. The zero-order valence-electron chi connectivity index (χ0n) is 9.93. The van der Waals surface area contributed by atoms with Gasteiger partial charge in [-0.25, -0.2) is 0 Å². The number of rotatable bonds is 3. The molecule has 2 rings (SSSR count). The fourth-order valence-corrected chi connectivity index (χ4v) is 2.35. The molecule has 1 atom stereocenters. The molecule has 0 amide bonds. The topological polar surface area (TPSA) is 51.4 Å². The molecule has 5 heteroatoms. The first-order chi connectivity index (χ1) is 8.22. The van der Waals surface area contributed by atoms with Crippen molar-refractivity contribution in [1.82, 2.24) is 4.98 Å². The summed E-state index contributed by atoms with van der Waals surface area (Å²) in [5.41, 5.74) is 7.42. The number of thiocarbonyl (C=S) groups is 1. The van der Waals surface area contributed by atoms with Crippen molar-refractivity contribution in [3.8, 4) is 0 Å². The molecule has 0 bridgehead atoms. The van der Waals surface area contributed by atoms with Crippen molar-refractivity contribution in [3.63, 3.8) is 0 Å². The van der Waals surface area contributed by atoms with Gasteiger partial charge in [0.05, 0.1) is 11.8 Å². The van der Waals surface area contributed by atoms with Crippen LogP contribution in [0.3, 0.4) is 0 Å². The highest BCUT2D eigenvalue weighted by Gasteiger charge is 2.22. The summed E-state index contributed by atoms with van der Waals surface area (Å²) in [5, 5.41) is 0. The molecule has 1 unspecified atom stereocenters. The summed E-state index contributed by atoms with van der Waals surface area (Å²) in [6.07, 6.45) is 4.22. The normalized spacial score (nSPS) is 20.3. The molecule has 0 saturated carbocycles. The predicted molar refractivity (Wildman–Crippen MR) is 72.4 cm³/mol. The van der Waals surface area contributed by atoms with E-state index in [1.54, 1.807) is 13.3 Å². The van der Waals surface area contributed by atoms with Gasteiger partial charge in [-0.05, 0) is 25.0 Å². The Kier molecular flexibility index (Phi) is 3.91. The second-order valence-electron chi connectivity index (χ2n) is 4.18. The highest BCUT2D eigenvalue weighted by Crippen LogP contribution is 2.23. The van der Waals surface area contributed by atoms with Crippen molar-refractivity contribution in [2.45, 2.75) is 18.9 Å². The van der Waals surface area contributed by atoms with Crippen LogP contribution in [0, 0.1) is 0 Å². The lowest BCUT2D eigenvalue weighted by molar-refractivity contribution is 0.0893. The molecule has 1 aromatic heterocycles. The van der Waals surface area contributed by atoms with Crippen molar-refractivity contribution in [1.29, 1.82) is 0 Å². The third kappa shape index (κ3) is 2.73. The van der Waals surface area contributed by atoms with E-state index in [9.17, 15) is 0 Å². The van der Waals surface area contributed by atoms with E-state index in [1.807, 2.05) is 12.1 Å². The average Bonchev–Trinajstić information content (AvgIpc) is 2.39. The highest BCUT2D eigenvalue weighted by molar-refractivity contribution is 7.80. The molecule has 1 aromatic rings. The summed E-state index contributed by atoms with van der Waals surface area (Å²) in [7, 11) is 1.76. The molecule has 2 heterocycles. The third-order valence-corrected chi connectivity index (χ3v) is 3.27. The molecule has 4 nitrogen and oxygen atoms in total. The maximum Gasteiger partial charge on any atom is 0.124 e. The van der Waals surface area contributed by atoms with Crippen LogP contribution in [0.2, 0.25) is 0 Å². The average molecular weight is 251 g/mol. The van der Waals surface area contributed by atoms with Crippen LogP contribution in [0.4, 0.5) is 5.69 Å². The molecule has 0 radical (unpaired) electrons. The zero-order valence-corrected chi connectivity index (χ0v) is 10.7. The number of anilines is 1. The monoisotopic (exact) mass is 251 g/mol. The molecule has 2 N–H and O–H groups in total. The summed E-state index contributed by atoms with van der Waals surface area (Å²) in [6.45, 7) is 1.87. The summed E-state index contributed by atoms with van der Waals surface area (Å²) in [6, 6.07) is 3.92. The Morgan fingerprint density at radius 3 is 3.18 bits per heavy atom. The van der Waals surface area contributed by atoms with Gasteiger partial charge in [-0.1, -0.05) is 12.2 Å². The minimum atomic E-state index is 0.281. The van der Waals surface area contributed by atoms with Gasteiger partial charge in [0.25, 0.3) is 0 Å². The standard InChI is InChI=1S/C12H17N3OS/c1-16-9-4-3-7-15(8-9)10-5-2-6-14-11(10)12(13)17/h2,5-6,9H,3-4,7-8H2,1H3,(H2,13,17). The fraction of sp³-hybridized carbons (Fsp3) is 0.500. The summed E-state index contributed by atoms with van der Waals surface area (Å²) in [5.74, 6) is 0. The van der Waals surface area contributed by atoms with Crippen LogP contribution in [0.15, 0.2) is 18.3 Å². The van der Waals surface area contributed by atoms with Gasteiger partial charge in [-0.2, -0.15) is 0 Å². The van der Waals surface area contributed by atoms with Crippen LogP contribution in [0.25, 0.3) is 0 Å². The Hall–Kier alpha value is -1.20. The molecule has 1 saturated heterocycles. The number of nitrogens with zero attached hydrogens (tertiary/aromatic N) is 2. The van der Waals surface area contributed by atoms with Gasteiger partial charge in [0.1, 0.15) is 10.7 Å². The van der Waals surface area contributed by atoms with Crippen LogP contribution in [0.5, 0.6) is 0 Å². The van der Waals surface area contributed by atoms with Crippen LogP contribution >= 0.6 is 12.2 Å². The minimum Gasteiger partial charge on any atom is -0.388 e. The number of ether oxygens (including phenoxy) is 1. The van der Waals surface area contributed by atoms with E-state index in [0.717, 1.165) is 31.6 Å². The molecule has 1 fully saturated rings. The second kappa shape index (κ2) is 5.42.